The average molecular weight is 394 g/mol. The van der Waals surface area contributed by atoms with Crippen molar-refractivity contribution in [2.45, 2.75) is 29.8 Å². The first-order chi connectivity index (χ1) is 13.6. The predicted molar refractivity (Wildman–Crippen MR) is 105 cm³/mol. The Morgan fingerprint density at radius 2 is 1.79 bits per heavy atom. The number of sulfonamides is 1. The first-order valence-electron chi connectivity index (χ1n) is 9.20. The van der Waals surface area contributed by atoms with Crippen LogP contribution < -0.4 is 4.90 Å². The van der Waals surface area contributed by atoms with E-state index >= 15 is 0 Å². The van der Waals surface area contributed by atoms with Gasteiger partial charge in [-0.05, 0) is 18.6 Å². The molecule has 142 valence electrons. The van der Waals surface area contributed by atoms with E-state index in [0.29, 0.717) is 18.4 Å². The molecule has 0 saturated carbocycles. The van der Waals surface area contributed by atoms with Gasteiger partial charge in [0.1, 0.15) is 12.1 Å². The van der Waals surface area contributed by atoms with Crippen LogP contribution in [0.1, 0.15) is 12.8 Å². The van der Waals surface area contributed by atoms with Gasteiger partial charge in [0.15, 0.2) is 0 Å². The van der Waals surface area contributed by atoms with E-state index in [2.05, 4.69) is 10.3 Å². The Hall–Kier alpha value is -3.00. The molecular weight excluding hydrogens is 376 g/mol. The van der Waals surface area contributed by atoms with Gasteiger partial charge in [-0.25, -0.2) is 0 Å². The third-order valence-corrected chi connectivity index (χ3v) is 7.08. The number of benzene rings is 2. The lowest BCUT2D eigenvalue weighted by Gasteiger charge is -2.24. The number of hydrogen-bond acceptors (Lipinski definition) is 5. The summed E-state index contributed by atoms with van der Waals surface area (Å²) in [6.45, 7) is 0.649. The molecule has 3 aliphatic rings. The molecule has 2 atom stereocenters. The molecule has 2 unspecified atom stereocenters. The zero-order valence-electron chi connectivity index (χ0n) is 15.0. The van der Waals surface area contributed by atoms with E-state index in [-0.39, 0.29) is 16.8 Å². The van der Waals surface area contributed by atoms with Crippen LogP contribution in [0.15, 0.2) is 75.9 Å². The third-order valence-electron chi connectivity index (χ3n) is 5.36. The number of nitrogens with zero attached hydrogens (tertiary/aromatic N) is 4. The number of fused-ring (bicyclic) bond motifs is 2. The fourth-order valence-electron chi connectivity index (χ4n) is 3.99. The van der Waals surface area contributed by atoms with E-state index < -0.39 is 16.1 Å². The SMILES string of the molecule is O=C1CCCN1c1ccc(S(=O)(=O)N2N=NC3C=CC=CC32)c2ccccc12. The summed E-state index contributed by atoms with van der Waals surface area (Å²) in [5.74, 6) is 0.0658. The van der Waals surface area contributed by atoms with Gasteiger partial charge in [0.25, 0.3) is 10.0 Å². The smallest absolute Gasteiger partial charge is 0.281 e. The number of carbonyl (C=O) groups excluding carboxylic acids is 1. The number of amides is 1. The molecule has 0 aromatic heterocycles. The van der Waals surface area contributed by atoms with Crippen molar-refractivity contribution in [3.05, 3.63) is 60.7 Å². The van der Waals surface area contributed by atoms with Gasteiger partial charge >= 0.3 is 0 Å². The predicted octanol–water partition coefficient (Wildman–Crippen LogP) is 3.20. The zero-order valence-corrected chi connectivity index (χ0v) is 15.8. The van der Waals surface area contributed by atoms with E-state index in [0.717, 1.165) is 21.9 Å². The van der Waals surface area contributed by atoms with Crippen molar-refractivity contribution < 1.29 is 13.2 Å². The fraction of sp³-hybridized carbons (Fsp3) is 0.250. The molecular formula is C20H18N4O3S. The van der Waals surface area contributed by atoms with E-state index in [1.165, 1.54) is 0 Å². The van der Waals surface area contributed by atoms with Crippen molar-refractivity contribution in [1.82, 2.24) is 4.41 Å². The normalized spacial score (nSPS) is 23.8. The van der Waals surface area contributed by atoms with Crippen LogP contribution in [0.2, 0.25) is 0 Å². The van der Waals surface area contributed by atoms with E-state index in [1.54, 1.807) is 41.3 Å². The standard InChI is InChI=1S/C20H18N4O3S/c25-20-10-5-13-23(20)17-11-12-19(15-7-2-1-6-14(15)17)28(26,27)24-18-9-4-3-8-16(18)21-22-24/h1-4,6-9,11-12,16,18H,5,10,13H2. The Labute approximate surface area is 162 Å². The van der Waals surface area contributed by atoms with Gasteiger partial charge in [0.2, 0.25) is 5.91 Å². The highest BCUT2D eigenvalue weighted by Gasteiger charge is 2.39. The third kappa shape index (κ3) is 2.48. The van der Waals surface area contributed by atoms with E-state index in [4.69, 9.17) is 0 Å². The van der Waals surface area contributed by atoms with Gasteiger partial charge in [-0.1, -0.05) is 53.8 Å². The van der Waals surface area contributed by atoms with Gasteiger partial charge in [-0.2, -0.15) is 17.9 Å². The molecule has 1 amide bonds. The highest BCUT2D eigenvalue weighted by molar-refractivity contribution is 7.89. The molecule has 2 aromatic rings. The van der Waals surface area contributed by atoms with Gasteiger partial charge < -0.3 is 4.90 Å². The molecule has 1 fully saturated rings. The zero-order chi connectivity index (χ0) is 19.3. The lowest BCUT2D eigenvalue weighted by molar-refractivity contribution is -0.117. The number of hydrogen-bond donors (Lipinski definition) is 0. The highest BCUT2D eigenvalue weighted by atomic mass is 32.2. The van der Waals surface area contributed by atoms with Crippen LogP contribution in [-0.4, -0.2) is 37.4 Å². The molecule has 1 aliphatic carbocycles. The van der Waals surface area contributed by atoms with Crippen molar-refractivity contribution in [3.63, 3.8) is 0 Å². The van der Waals surface area contributed by atoms with Crippen LogP contribution in [0.25, 0.3) is 10.8 Å². The Bertz CT molecular complexity index is 1170. The molecule has 2 aromatic carbocycles. The van der Waals surface area contributed by atoms with Crippen molar-refractivity contribution in [2.24, 2.45) is 10.3 Å². The Morgan fingerprint density at radius 3 is 2.57 bits per heavy atom. The molecule has 0 N–H and O–H groups in total. The molecule has 8 heteroatoms. The lowest BCUT2D eigenvalue weighted by atomic mass is 10.1. The summed E-state index contributed by atoms with van der Waals surface area (Å²) in [5.41, 5.74) is 0.749. The van der Waals surface area contributed by atoms with Crippen molar-refractivity contribution in [3.8, 4) is 0 Å². The maximum absolute atomic E-state index is 13.4. The minimum absolute atomic E-state index is 0.0658. The molecule has 5 rings (SSSR count). The quantitative estimate of drug-likeness (QED) is 0.801. The first kappa shape index (κ1) is 17.1. The summed E-state index contributed by atoms with van der Waals surface area (Å²) < 4.78 is 28.0. The van der Waals surface area contributed by atoms with Crippen LogP contribution in [0.5, 0.6) is 0 Å². The molecule has 0 bridgehead atoms. The minimum Gasteiger partial charge on any atom is -0.312 e. The summed E-state index contributed by atoms with van der Waals surface area (Å²) in [5, 5.41) is 9.35. The summed E-state index contributed by atoms with van der Waals surface area (Å²) in [6, 6.07) is 9.82. The van der Waals surface area contributed by atoms with Crippen LogP contribution in [0.4, 0.5) is 5.69 Å². The van der Waals surface area contributed by atoms with Crippen molar-refractivity contribution >= 4 is 32.4 Å². The molecule has 2 aliphatic heterocycles. The monoisotopic (exact) mass is 394 g/mol. The Morgan fingerprint density at radius 1 is 1.00 bits per heavy atom. The number of carbonyl (C=O) groups is 1. The van der Waals surface area contributed by atoms with Gasteiger partial charge in [-0.3, -0.25) is 4.79 Å². The Balaban J connectivity index is 1.64. The van der Waals surface area contributed by atoms with Crippen molar-refractivity contribution in [1.29, 1.82) is 0 Å². The molecule has 2 heterocycles. The molecule has 0 spiro atoms. The summed E-state index contributed by atoms with van der Waals surface area (Å²) in [4.78, 5) is 14.1. The summed E-state index contributed by atoms with van der Waals surface area (Å²) in [7, 11) is -3.91. The lowest BCUT2D eigenvalue weighted by Crippen LogP contribution is -2.37. The van der Waals surface area contributed by atoms with E-state index in [9.17, 15) is 13.2 Å². The second-order valence-corrected chi connectivity index (χ2v) is 8.77. The molecule has 28 heavy (non-hydrogen) atoms. The van der Waals surface area contributed by atoms with Crippen LogP contribution in [0, 0.1) is 0 Å². The van der Waals surface area contributed by atoms with Crippen LogP contribution >= 0.6 is 0 Å². The largest absolute Gasteiger partial charge is 0.312 e. The molecule has 7 nitrogen and oxygen atoms in total. The summed E-state index contributed by atoms with van der Waals surface area (Å²) >= 11 is 0. The van der Waals surface area contributed by atoms with Crippen molar-refractivity contribution in [2.75, 3.05) is 11.4 Å². The van der Waals surface area contributed by atoms with Gasteiger partial charge in [0.05, 0.1) is 10.6 Å². The first-order valence-corrected chi connectivity index (χ1v) is 10.6. The minimum atomic E-state index is -3.91. The number of allylic oxidation sites excluding steroid dienone is 2. The highest BCUT2D eigenvalue weighted by Crippen LogP contribution is 2.37. The maximum atomic E-state index is 13.4. The second-order valence-electron chi connectivity index (χ2n) is 7.01. The van der Waals surface area contributed by atoms with Gasteiger partial charge in [-0.15, -0.1) is 0 Å². The molecule has 1 saturated heterocycles. The van der Waals surface area contributed by atoms with Crippen LogP contribution in [0.3, 0.4) is 0 Å². The Kier molecular flexibility index (Phi) is 3.83. The topological polar surface area (TPSA) is 82.4 Å². The average Bonchev–Trinajstić information content (AvgIpc) is 3.33. The maximum Gasteiger partial charge on any atom is 0.281 e. The van der Waals surface area contributed by atoms with Gasteiger partial charge in [0, 0.05) is 23.7 Å². The fourth-order valence-corrected chi connectivity index (χ4v) is 5.54. The second kappa shape index (κ2) is 6.27. The number of anilines is 1. The van der Waals surface area contributed by atoms with Crippen LogP contribution in [-0.2, 0) is 14.8 Å². The summed E-state index contributed by atoms with van der Waals surface area (Å²) in [6.07, 6.45) is 8.61. The van der Waals surface area contributed by atoms with E-state index in [1.807, 2.05) is 24.3 Å². The number of rotatable bonds is 3. The molecule has 0 radical (unpaired) electrons.